The van der Waals surface area contributed by atoms with Gasteiger partial charge in [-0.1, -0.05) is 23.2 Å². The maximum Gasteiger partial charge on any atom is 0.239 e. The quantitative estimate of drug-likeness (QED) is 0.384. The van der Waals surface area contributed by atoms with Crippen molar-refractivity contribution in [1.82, 2.24) is 0 Å². The van der Waals surface area contributed by atoms with Gasteiger partial charge in [-0.05, 0) is 56.7 Å². The minimum Gasteiger partial charge on any atom is -0.290 e. The molecule has 8 heteroatoms. The normalized spacial score (nSPS) is 15.4. The van der Waals surface area contributed by atoms with E-state index in [1.165, 1.54) is 40.8 Å². The Morgan fingerprint density at radius 2 is 1.94 bits per heavy atom. The van der Waals surface area contributed by atoms with Crippen LogP contribution < -0.4 is 0 Å². The molecule has 0 saturated carbocycles. The maximum atomic E-state index is 12.1. The third kappa shape index (κ3) is 3.34. The fraction of sp³-hybridized carbons (Fsp3) is 0.222. The predicted molar refractivity (Wildman–Crippen MR) is 81.3 cm³/mol. The first-order valence-electron chi connectivity index (χ1n) is 4.14. The lowest BCUT2D eigenvalue weighted by Gasteiger charge is -2.17. The number of sulfone groups is 1. The summed E-state index contributed by atoms with van der Waals surface area (Å²) in [6, 6.07) is 4.26. The molecule has 1 aromatic rings. The summed E-state index contributed by atoms with van der Waals surface area (Å²) in [6.45, 7) is 0. The van der Waals surface area contributed by atoms with Crippen molar-refractivity contribution in [2.75, 3.05) is 6.26 Å². The summed E-state index contributed by atoms with van der Waals surface area (Å²) in [6.07, 6.45) is 0.968. The highest BCUT2D eigenvalue weighted by Crippen LogP contribution is 2.38. The fourth-order valence-electron chi connectivity index (χ4n) is 0.999. The summed E-state index contributed by atoms with van der Waals surface area (Å²) in [7, 11) is -3.61. The third-order valence-corrected chi connectivity index (χ3v) is 8.58. The molecule has 3 nitrogen and oxygen atoms in total. The lowest BCUT2D eigenvalue weighted by Crippen LogP contribution is -2.33. The molecular formula is C9H6BrCl2IO3S. The van der Waals surface area contributed by atoms with Crippen LogP contribution >= 0.6 is 61.7 Å². The van der Waals surface area contributed by atoms with Crippen LogP contribution in [-0.4, -0.2) is 22.1 Å². The molecule has 0 unspecified atom stereocenters. The Morgan fingerprint density at radius 1 is 1.41 bits per heavy atom. The first kappa shape index (κ1) is 15.7. The minimum absolute atomic E-state index is 0.104. The number of hydrogen-bond acceptors (Lipinski definition) is 3. The summed E-state index contributed by atoms with van der Waals surface area (Å²) in [5.74, 6) is -0.637. The Hall–Kier alpha value is 0.630. The lowest BCUT2D eigenvalue weighted by molar-refractivity contribution is 0.101. The topological polar surface area (TPSA) is 51.2 Å². The molecule has 0 heterocycles. The SMILES string of the molecule is CS(=O)(=O)[C@@](Br)(I)C(=O)c1ccc(Cl)cc1Cl. The van der Waals surface area contributed by atoms with Crippen molar-refractivity contribution in [2.45, 2.75) is 1.66 Å². The number of alkyl halides is 2. The molecule has 0 aromatic heterocycles. The Bertz CT molecular complexity index is 572. The summed E-state index contributed by atoms with van der Waals surface area (Å²) in [5.41, 5.74) is 0.104. The van der Waals surface area contributed by atoms with Gasteiger partial charge in [0.15, 0.2) is 9.84 Å². The molecule has 0 fully saturated rings. The number of ketones is 1. The number of carbonyl (C=O) groups is 1. The number of halogens is 4. The van der Waals surface area contributed by atoms with Gasteiger partial charge in [-0.3, -0.25) is 4.79 Å². The fourth-order valence-corrected chi connectivity index (χ4v) is 2.44. The van der Waals surface area contributed by atoms with Crippen molar-refractivity contribution in [3.63, 3.8) is 0 Å². The number of rotatable bonds is 3. The third-order valence-electron chi connectivity index (χ3n) is 1.91. The second-order valence-electron chi connectivity index (χ2n) is 3.24. The van der Waals surface area contributed by atoms with Gasteiger partial charge < -0.3 is 0 Å². The van der Waals surface area contributed by atoms with Gasteiger partial charge in [0, 0.05) is 16.8 Å². The highest BCUT2D eigenvalue weighted by Gasteiger charge is 2.44. The highest BCUT2D eigenvalue weighted by molar-refractivity contribution is 14.1. The van der Waals surface area contributed by atoms with E-state index in [0.29, 0.717) is 5.02 Å². The molecule has 0 bridgehead atoms. The molecule has 0 radical (unpaired) electrons. The van der Waals surface area contributed by atoms with Crippen molar-refractivity contribution in [3.05, 3.63) is 33.8 Å². The van der Waals surface area contributed by atoms with Crippen molar-refractivity contribution >= 4 is 77.3 Å². The van der Waals surface area contributed by atoms with Crippen LogP contribution in [0.2, 0.25) is 10.0 Å². The van der Waals surface area contributed by atoms with Crippen LogP contribution in [0.4, 0.5) is 0 Å². The first-order chi connectivity index (χ1) is 7.57. The van der Waals surface area contributed by atoms with Crippen LogP contribution in [0.3, 0.4) is 0 Å². The Labute approximate surface area is 131 Å². The van der Waals surface area contributed by atoms with Crippen molar-refractivity contribution in [2.24, 2.45) is 0 Å². The molecule has 94 valence electrons. The molecule has 17 heavy (non-hydrogen) atoms. The number of Topliss-reactive ketones (excluding diaryl/α,β-unsaturated/α-hetero) is 1. The second-order valence-corrected chi connectivity index (χ2v) is 11.8. The summed E-state index contributed by atoms with van der Waals surface area (Å²) in [5, 5.41) is 0.492. The summed E-state index contributed by atoms with van der Waals surface area (Å²) < 4.78 is 21.3. The smallest absolute Gasteiger partial charge is 0.239 e. The maximum absolute atomic E-state index is 12.1. The number of hydrogen-bond donors (Lipinski definition) is 0. The van der Waals surface area contributed by atoms with Crippen LogP contribution in [0.1, 0.15) is 10.4 Å². The van der Waals surface area contributed by atoms with Gasteiger partial charge in [0.05, 0.1) is 5.02 Å². The van der Waals surface area contributed by atoms with Gasteiger partial charge in [0.25, 0.3) is 0 Å². The van der Waals surface area contributed by atoms with Crippen molar-refractivity contribution in [1.29, 1.82) is 0 Å². The Kier molecular flexibility index (Phi) is 4.91. The van der Waals surface area contributed by atoms with E-state index in [9.17, 15) is 13.2 Å². The molecule has 0 N–H and O–H groups in total. The molecule has 1 rings (SSSR count). The predicted octanol–water partition coefficient (Wildman–Crippen LogP) is 3.70. The van der Waals surface area contributed by atoms with E-state index < -0.39 is 17.3 Å². The highest BCUT2D eigenvalue weighted by atomic mass is 127. The van der Waals surface area contributed by atoms with Crippen LogP contribution in [0.15, 0.2) is 18.2 Å². The van der Waals surface area contributed by atoms with E-state index in [4.69, 9.17) is 23.2 Å². The zero-order valence-corrected chi connectivity index (χ0v) is 14.4. The molecule has 0 aliphatic rings. The van der Waals surface area contributed by atoms with Crippen LogP contribution in [0, 0.1) is 0 Å². The average Bonchev–Trinajstić information content (AvgIpc) is 2.14. The largest absolute Gasteiger partial charge is 0.290 e. The molecule has 0 aliphatic heterocycles. The van der Waals surface area contributed by atoms with Gasteiger partial charge in [-0.2, -0.15) is 0 Å². The molecule has 0 saturated heterocycles. The zero-order valence-electron chi connectivity index (χ0n) is 8.38. The van der Waals surface area contributed by atoms with E-state index in [1.54, 1.807) is 0 Å². The Balaban J connectivity index is 3.32. The molecule has 0 aliphatic carbocycles. The minimum atomic E-state index is -3.61. The van der Waals surface area contributed by atoms with Gasteiger partial charge >= 0.3 is 0 Å². The number of benzene rings is 1. The molecule has 0 spiro atoms. The van der Waals surface area contributed by atoms with Crippen molar-refractivity contribution < 1.29 is 13.2 Å². The van der Waals surface area contributed by atoms with Crippen molar-refractivity contribution in [3.8, 4) is 0 Å². The average molecular weight is 472 g/mol. The second kappa shape index (κ2) is 5.32. The lowest BCUT2D eigenvalue weighted by atomic mass is 10.1. The molecular weight excluding hydrogens is 466 g/mol. The monoisotopic (exact) mass is 470 g/mol. The van der Waals surface area contributed by atoms with Gasteiger partial charge in [-0.25, -0.2) is 8.42 Å². The van der Waals surface area contributed by atoms with Crippen LogP contribution in [0.25, 0.3) is 0 Å². The van der Waals surface area contributed by atoms with E-state index >= 15 is 0 Å². The van der Waals surface area contributed by atoms with Gasteiger partial charge in [-0.15, -0.1) is 0 Å². The molecule has 1 aromatic carbocycles. The van der Waals surface area contributed by atoms with E-state index in [-0.39, 0.29) is 10.6 Å². The standard InChI is InChI=1S/C9H6BrCl2IO3S/c1-17(15,16)9(10,13)8(14)6-3-2-5(11)4-7(6)12/h2-4H,1H3/t9-/m0/s1. The number of carbonyl (C=O) groups excluding carboxylic acids is 1. The van der Waals surface area contributed by atoms with E-state index in [0.717, 1.165) is 6.26 Å². The van der Waals surface area contributed by atoms with E-state index in [2.05, 4.69) is 15.9 Å². The van der Waals surface area contributed by atoms with E-state index in [1.807, 2.05) is 0 Å². The Morgan fingerprint density at radius 3 is 2.35 bits per heavy atom. The van der Waals surface area contributed by atoms with Gasteiger partial charge in [0.1, 0.15) is 0 Å². The summed E-state index contributed by atoms with van der Waals surface area (Å²) >= 11 is 16.0. The molecule has 1 atom stereocenters. The molecule has 0 amide bonds. The van der Waals surface area contributed by atoms with Crippen LogP contribution in [0.5, 0.6) is 0 Å². The van der Waals surface area contributed by atoms with Crippen LogP contribution in [-0.2, 0) is 9.84 Å². The zero-order chi connectivity index (χ0) is 13.4. The van der Waals surface area contributed by atoms with Gasteiger partial charge in [0.2, 0.25) is 7.45 Å². The first-order valence-corrected chi connectivity index (χ1v) is 8.66. The summed E-state index contributed by atoms with van der Waals surface area (Å²) in [4.78, 5) is 12.1.